The summed E-state index contributed by atoms with van der Waals surface area (Å²) in [4.78, 5) is 16.0. The van der Waals surface area contributed by atoms with Crippen LogP contribution in [0.4, 0.5) is 5.69 Å². The lowest BCUT2D eigenvalue weighted by Gasteiger charge is -2.23. The van der Waals surface area contributed by atoms with Crippen molar-refractivity contribution in [3.8, 4) is 0 Å². The van der Waals surface area contributed by atoms with E-state index in [-0.39, 0.29) is 10.8 Å². The maximum atomic E-state index is 12.9. The van der Waals surface area contributed by atoms with Gasteiger partial charge in [0.15, 0.2) is 0 Å². The molecule has 2 aliphatic heterocycles. The molecule has 2 aliphatic rings. The highest BCUT2D eigenvalue weighted by Crippen LogP contribution is 2.39. The smallest absolute Gasteiger partial charge is 0.258 e. The highest BCUT2D eigenvalue weighted by Gasteiger charge is 2.31. The first-order valence-corrected chi connectivity index (χ1v) is 11.3. The third-order valence-electron chi connectivity index (χ3n) is 5.55. The Kier molecular flexibility index (Phi) is 5.37. The molecular weight excluding hydrogens is 378 g/mol. The van der Waals surface area contributed by atoms with Gasteiger partial charge >= 0.3 is 0 Å². The number of hydrogen-bond acceptors (Lipinski definition) is 4. The van der Waals surface area contributed by atoms with Crippen LogP contribution >= 0.6 is 0 Å². The summed E-state index contributed by atoms with van der Waals surface area (Å²) >= 11 is 0. The lowest BCUT2D eigenvalue weighted by atomic mass is 10.1. The van der Waals surface area contributed by atoms with Gasteiger partial charge in [-0.15, -0.1) is 0 Å². The van der Waals surface area contributed by atoms with Gasteiger partial charge in [-0.1, -0.05) is 12.1 Å². The standard InChI is InChI=1S/C20H25N3O4S/c1-2-23-17-7-8-18(15-5-3-6-16(19(15)17)20(23)24)28(25,26)21-9-4-10-22-11-13-27-14-12-22/h3,5-8,21H,2,4,9-14H2,1H3/p+1. The Hall–Kier alpha value is -2.00. The Morgan fingerprint density at radius 3 is 2.71 bits per heavy atom. The van der Waals surface area contributed by atoms with E-state index in [2.05, 4.69) is 4.72 Å². The van der Waals surface area contributed by atoms with Crippen molar-refractivity contribution in [3.63, 3.8) is 0 Å². The molecule has 150 valence electrons. The second-order valence-electron chi connectivity index (χ2n) is 7.22. The normalized spacial score (nSPS) is 17.6. The number of carbonyl (C=O) groups excluding carboxylic acids is 1. The maximum Gasteiger partial charge on any atom is 0.258 e. The number of morpholine rings is 1. The molecule has 0 atom stereocenters. The van der Waals surface area contributed by atoms with Crippen LogP contribution in [0.15, 0.2) is 35.2 Å². The van der Waals surface area contributed by atoms with Crippen LogP contribution in [0.1, 0.15) is 23.7 Å². The Balaban J connectivity index is 1.54. The lowest BCUT2D eigenvalue weighted by molar-refractivity contribution is -0.908. The fourth-order valence-electron chi connectivity index (χ4n) is 4.10. The fraction of sp³-hybridized carbons (Fsp3) is 0.450. The van der Waals surface area contributed by atoms with Crippen molar-refractivity contribution < 1.29 is 22.8 Å². The first-order valence-electron chi connectivity index (χ1n) is 9.81. The minimum Gasteiger partial charge on any atom is -0.370 e. The van der Waals surface area contributed by atoms with E-state index >= 15 is 0 Å². The summed E-state index contributed by atoms with van der Waals surface area (Å²) in [5, 5.41) is 1.33. The average Bonchev–Trinajstić information content (AvgIpc) is 2.99. The van der Waals surface area contributed by atoms with Crippen molar-refractivity contribution in [3.05, 3.63) is 35.9 Å². The Morgan fingerprint density at radius 2 is 1.96 bits per heavy atom. The highest BCUT2D eigenvalue weighted by atomic mass is 32.2. The topological polar surface area (TPSA) is 80.2 Å². The molecular formula is C20H26N3O4S+. The SMILES string of the molecule is CCN1C(=O)c2cccc3c(S(=O)(=O)NCCC[NH+]4CCOCC4)ccc1c23. The number of sulfonamides is 1. The summed E-state index contributed by atoms with van der Waals surface area (Å²) in [5.74, 6) is -0.0703. The molecule has 1 fully saturated rings. The molecule has 7 nitrogen and oxygen atoms in total. The first kappa shape index (κ1) is 19.3. The van der Waals surface area contributed by atoms with Crippen molar-refractivity contribution >= 4 is 32.4 Å². The van der Waals surface area contributed by atoms with E-state index in [1.165, 1.54) is 4.90 Å². The Labute approximate surface area is 165 Å². The molecule has 2 N–H and O–H groups in total. The first-order chi connectivity index (χ1) is 13.5. The van der Waals surface area contributed by atoms with Crippen LogP contribution in [-0.2, 0) is 14.8 Å². The molecule has 4 rings (SSSR count). The van der Waals surface area contributed by atoms with Gasteiger partial charge in [-0.3, -0.25) is 4.79 Å². The molecule has 0 bridgehead atoms. The Bertz CT molecular complexity index is 1000. The lowest BCUT2D eigenvalue weighted by Crippen LogP contribution is -3.14. The molecule has 0 saturated carbocycles. The summed E-state index contributed by atoms with van der Waals surface area (Å²) in [5.41, 5.74) is 1.36. The van der Waals surface area contributed by atoms with Crippen LogP contribution in [0.2, 0.25) is 0 Å². The summed E-state index contributed by atoms with van der Waals surface area (Å²) in [6.07, 6.45) is 0.776. The molecule has 0 spiro atoms. The van der Waals surface area contributed by atoms with Crippen molar-refractivity contribution in [2.75, 3.05) is 50.8 Å². The fourth-order valence-corrected chi connectivity index (χ4v) is 5.38. The van der Waals surface area contributed by atoms with Crippen LogP contribution in [-0.4, -0.2) is 60.3 Å². The van der Waals surface area contributed by atoms with E-state index in [4.69, 9.17) is 4.74 Å². The van der Waals surface area contributed by atoms with E-state index in [1.54, 1.807) is 35.2 Å². The van der Waals surface area contributed by atoms with E-state index in [1.807, 2.05) is 6.92 Å². The largest absolute Gasteiger partial charge is 0.370 e. The summed E-state index contributed by atoms with van der Waals surface area (Å²) in [6, 6.07) is 8.64. The molecule has 0 aliphatic carbocycles. The number of ether oxygens (including phenoxy) is 1. The van der Waals surface area contributed by atoms with Gasteiger partial charge in [0.25, 0.3) is 5.91 Å². The Morgan fingerprint density at radius 1 is 1.18 bits per heavy atom. The predicted octanol–water partition coefficient (Wildman–Crippen LogP) is 0.403. The monoisotopic (exact) mass is 404 g/mol. The molecule has 1 saturated heterocycles. The van der Waals surface area contributed by atoms with Gasteiger partial charge in [0.2, 0.25) is 10.0 Å². The second-order valence-corrected chi connectivity index (χ2v) is 8.96. The van der Waals surface area contributed by atoms with E-state index < -0.39 is 10.0 Å². The maximum absolute atomic E-state index is 12.9. The number of amides is 1. The van der Waals surface area contributed by atoms with Gasteiger partial charge < -0.3 is 14.5 Å². The third kappa shape index (κ3) is 3.41. The van der Waals surface area contributed by atoms with Crippen molar-refractivity contribution in [1.82, 2.24) is 4.72 Å². The molecule has 1 amide bonds. The summed E-state index contributed by atoms with van der Waals surface area (Å²) in [6.45, 7) is 7.29. The average molecular weight is 405 g/mol. The number of rotatable bonds is 7. The molecule has 2 aromatic carbocycles. The number of anilines is 1. The molecule has 0 aromatic heterocycles. The van der Waals surface area contributed by atoms with Gasteiger partial charge in [-0.25, -0.2) is 13.1 Å². The number of benzene rings is 2. The van der Waals surface area contributed by atoms with E-state index in [9.17, 15) is 13.2 Å². The predicted molar refractivity (Wildman–Crippen MR) is 107 cm³/mol. The zero-order valence-electron chi connectivity index (χ0n) is 16.0. The van der Waals surface area contributed by atoms with E-state index in [0.29, 0.717) is 24.0 Å². The van der Waals surface area contributed by atoms with Crippen LogP contribution in [0.5, 0.6) is 0 Å². The summed E-state index contributed by atoms with van der Waals surface area (Å²) < 4.78 is 34.0. The molecule has 2 heterocycles. The number of carbonyl (C=O) groups is 1. The molecule has 2 aromatic rings. The zero-order valence-corrected chi connectivity index (χ0v) is 16.8. The third-order valence-corrected chi connectivity index (χ3v) is 7.07. The number of quaternary nitrogens is 1. The summed E-state index contributed by atoms with van der Waals surface area (Å²) in [7, 11) is -3.65. The molecule has 0 radical (unpaired) electrons. The van der Waals surface area contributed by atoms with Crippen LogP contribution in [0.25, 0.3) is 10.8 Å². The van der Waals surface area contributed by atoms with Crippen LogP contribution < -0.4 is 14.5 Å². The number of hydrogen-bond donors (Lipinski definition) is 2. The second kappa shape index (κ2) is 7.79. The van der Waals surface area contributed by atoms with E-state index in [0.717, 1.165) is 50.3 Å². The van der Waals surface area contributed by atoms with Crippen molar-refractivity contribution in [2.24, 2.45) is 0 Å². The highest BCUT2D eigenvalue weighted by molar-refractivity contribution is 7.89. The van der Waals surface area contributed by atoms with Gasteiger partial charge in [0.05, 0.1) is 30.3 Å². The van der Waals surface area contributed by atoms with Crippen molar-refractivity contribution in [2.45, 2.75) is 18.2 Å². The van der Waals surface area contributed by atoms with Crippen LogP contribution in [0, 0.1) is 0 Å². The van der Waals surface area contributed by atoms with Gasteiger partial charge in [0.1, 0.15) is 13.1 Å². The van der Waals surface area contributed by atoms with Crippen molar-refractivity contribution in [1.29, 1.82) is 0 Å². The van der Waals surface area contributed by atoms with Crippen LogP contribution in [0.3, 0.4) is 0 Å². The zero-order chi connectivity index (χ0) is 19.7. The molecule has 8 heteroatoms. The minimum atomic E-state index is -3.65. The number of nitrogens with one attached hydrogen (secondary N) is 2. The molecule has 28 heavy (non-hydrogen) atoms. The van der Waals surface area contributed by atoms with Gasteiger partial charge in [-0.2, -0.15) is 0 Å². The van der Waals surface area contributed by atoms with Gasteiger partial charge in [0, 0.05) is 35.8 Å². The number of nitrogens with zero attached hydrogens (tertiary/aromatic N) is 1. The minimum absolute atomic E-state index is 0.0703. The molecule has 0 unspecified atom stereocenters. The van der Waals surface area contributed by atoms with Gasteiger partial charge in [-0.05, 0) is 25.1 Å². The quantitative estimate of drug-likeness (QED) is 0.655.